The number of fused-ring (bicyclic) bond motifs is 1. The predicted molar refractivity (Wildman–Crippen MR) is 66.3 cm³/mol. The minimum absolute atomic E-state index is 0.551. The van der Waals surface area contributed by atoms with E-state index in [1.807, 2.05) is 12.1 Å². The van der Waals surface area contributed by atoms with Gasteiger partial charge in [0, 0.05) is 12.1 Å². The maximum atomic E-state index is 5.83. The van der Waals surface area contributed by atoms with Gasteiger partial charge in [-0.25, -0.2) is 4.98 Å². The Morgan fingerprint density at radius 3 is 2.75 bits per heavy atom. The van der Waals surface area contributed by atoms with Crippen LogP contribution in [0.3, 0.4) is 0 Å². The first kappa shape index (κ1) is 11.0. The highest BCUT2D eigenvalue weighted by Crippen LogP contribution is 2.24. The Morgan fingerprint density at radius 1 is 1.38 bits per heavy atom. The van der Waals surface area contributed by atoms with Crippen molar-refractivity contribution in [2.75, 3.05) is 5.73 Å². The normalized spacial score (nSPS) is 11.5. The number of nitrogen functional groups attached to an aromatic ring is 1. The lowest BCUT2D eigenvalue weighted by Gasteiger charge is -1.99. The van der Waals surface area contributed by atoms with Crippen molar-refractivity contribution >= 4 is 16.8 Å². The Morgan fingerprint density at radius 2 is 2.12 bits per heavy atom. The van der Waals surface area contributed by atoms with E-state index >= 15 is 0 Å². The first-order valence-corrected chi connectivity index (χ1v) is 5.78. The molecule has 2 N–H and O–H groups in total. The molecule has 3 nitrogen and oxygen atoms in total. The van der Waals surface area contributed by atoms with E-state index in [2.05, 4.69) is 25.8 Å². The molecule has 0 aliphatic rings. The molecule has 1 heterocycles. The number of nitrogens with two attached hydrogens (primary N) is 1. The van der Waals surface area contributed by atoms with E-state index in [9.17, 15) is 0 Å². The molecular weight excluding hydrogens is 200 g/mol. The number of nitrogens with zero attached hydrogens (tertiary/aromatic N) is 1. The maximum Gasteiger partial charge on any atom is 0.195 e. The van der Waals surface area contributed by atoms with E-state index in [0.29, 0.717) is 5.92 Å². The van der Waals surface area contributed by atoms with Crippen LogP contribution in [0.5, 0.6) is 0 Å². The van der Waals surface area contributed by atoms with Crippen molar-refractivity contribution in [2.24, 2.45) is 5.92 Å². The molecule has 0 radical (unpaired) electrons. The molecule has 2 rings (SSSR count). The quantitative estimate of drug-likeness (QED) is 0.805. The average molecular weight is 218 g/mol. The molecule has 0 fully saturated rings. The van der Waals surface area contributed by atoms with E-state index in [-0.39, 0.29) is 0 Å². The molecule has 0 saturated heterocycles. The van der Waals surface area contributed by atoms with Gasteiger partial charge in [-0.3, -0.25) is 0 Å². The summed E-state index contributed by atoms with van der Waals surface area (Å²) < 4.78 is 5.79. The van der Waals surface area contributed by atoms with E-state index in [1.54, 1.807) is 0 Å². The summed E-state index contributed by atoms with van der Waals surface area (Å²) in [5.41, 5.74) is 9.50. The minimum atomic E-state index is 0.551. The molecule has 0 unspecified atom stereocenters. The van der Waals surface area contributed by atoms with Crippen LogP contribution in [0.25, 0.3) is 11.1 Å². The summed E-state index contributed by atoms with van der Waals surface area (Å²) in [5.74, 6) is 1.36. The zero-order chi connectivity index (χ0) is 11.7. The van der Waals surface area contributed by atoms with Crippen molar-refractivity contribution in [1.29, 1.82) is 0 Å². The van der Waals surface area contributed by atoms with Crippen LogP contribution in [0, 0.1) is 5.92 Å². The molecular formula is C13H18N2O. The van der Waals surface area contributed by atoms with Gasteiger partial charge in [0.05, 0.1) is 0 Å². The smallest absolute Gasteiger partial charge is 0.195 e. The number of oxazole rings is 1. The fraction of sp³-hybridized carbons (Fsp3) is 0.462. The Bertz CT molecular complexity index is 500. The van der Waals surface area contributed by atoms with Crippen molar-refractivity contribution in [3.05, 3.63) is 23.6 Å². The van der Waals surface area contributed by atoms with E-state index < -0.39 is 0 Å². The third-order valence-electron chi connectivity index (χ3n) is 2.60. The van der Waals surface area contributed by atoms with E-state index in [1.165, 1.54) is 0 Å². The highest BCUT2D eigenvalue weighted by Gasteiger charge is 2.11. The van der Waals surface area contributed by atoms with Crippen LogP contribution in [0.4, 0.5) is 5.69 Å². The Balaban J connectivity index is 2.51. The molecule has 16 heavy (non-hydrogen) atoms. The molecule has 1 aromatic carbocycles. The molecule has 2 aromatic rings. The first-order valence-electron chi connectivity index (χ1n) is 5.78. The Labute approximate surface area is 95.7 Å². The van der Waals surface area contributed by atoms with Crippen molar-refractivity contribution in [3.63, 3.8) is 0 Å². The third kappa shape index (κ3) is 2.03. The van der Waals surface area contributed by atoms with Crippen molar-refractivity contribution < 1.29 is 4.42 Å². The van der Waals surface area contributed by atoms with Gasteiger partial charge in [0.1, 0.15) is 5.52 Å². The largest absolute Gasteiger partial charge is 0.440 e. The van der Waals surface area contributed by atoms with Gasteiger partial charge >= 0.3 is 0 Å². The van der Waals surface area contributed by atoms with Crippen LogP contribution in [-0.2, 0) is 12.8 Å². The number of hydrogen-bond acceptors (Lipinski definition) is 3. The highest BCUT2D eigenvalue weighted by molar-refractivity contribution is 5.80. The summed E-state index contributed by atoms with van der Waals surface area (Å²) in [4.78, 5) is 4.48. The Hall–Kier alpha value is -1.51. The topological polar surface area (TPSA) is 52.0 Å². The summed E-state index contributed by atoms with van der Waals surface area (Å²) in [6, 6.07) is 3.84. The molecule has 86 valence electrons. The van der Waals surface area contributed by atoms with Crippen LogP contribution in [0.15, 0.2) is 16.5 Å². The average Bonchev–Trinajstić information content (AvgIpc) is 2.57. The van der Waals surface area contributed by atoms with Gasteiger partial charge in [0.15, 0.2) is 11.5 Å². The molecule has 0 aliphatic heterocycles. The van der Waals surface area contributed by atoms with Crippen molar-refractivity contribution in [3.8, 4) is 0 Å². The molecule has 1 aromatic heterocycles. The molecule has 0 saturated carbocycles. The number of rotatable bonds is 3. The summed E-state index contributed by atoms with van der Waals surface area (Å²) in [7, 11) is 0. The molecule has 0 bridgehead atoms. The second-order valence-electron chi connectivity index (χ2n) is 4.59. The molecule has 0 spiro atoms. The molecule has 0 atom stereocenters. The van der Waals surface area contributed by atoms with Gasteiger partial charge in [-0.2, -0.15) is 0 Å². The molecule has 0 aliphatic carbocycles. The highest BCUT2D eigenvalue weighted by atomic mass is 16.3. The van der Waals surface area contributed by atoms with Gasteiger partial charge in [-0.1, -0.05) is 20.8 Å². The Kier molecular flexibility index (Phi) is 2.86. The fourth-order valence-electron chi connectivity index (χ4n) is 1.87. The predicted octanol–water partition coefficient (Wildman–Crippen LogP) is 3.17. The maximum absolute atomic E-state index is 5.83. The number of benzene rings is 1. The van der Waals surface area contributed by atoms with Crippen LogP contribution >= 0.6 is 0 Å². The first-order chi connectivity index (χ1) is 7.60. The fourth-order valence-corrected chi connectivity index (χ4v) is 1.87. The lowest BCUT2D eigenvalue weighted by molar-refractivity contribution is 0.481. The van der Waals surface area contributed by atoms with Crippen LogP contribution in [-0.4, -0.2) is 4.98 Å². The SMILES string of the molecule is CCc1cc(N)cc2nc(CC(C)C)oc12. The standard InChI is InChI=1S/C13H18N2O/c1-4-9-6-10(14)7-11-13(9)16-12(15-11)5-8(2)3/h6-8H,4-5,14H2,1-3H3. The number of aryl methyl sites for hydroxylation is 1. The molecule has 3 heteroatoms. The summed E-state index contributed by atoms with van der Waals surface area (Å²) in [6.07, 6.45) is 1.79. The zero-order valence-electron chi connectivity index (χ0n) is 10.1. The molecule has 0 amide bonds. The van der Waals surface area contributed by atoms with Gasteiger partial charge < -0.3 is 10.2 Å². The van der Waals surface area contributed by atoms with Gasteiger partial charge in [-0.15, -0.1) is 0 Å². The van der Waals surface area contributed by atoms with Crippen LogP contribution in [0.2, 0.25) is 0 Å². The van der Waals surface area contributed by atoms with E-state index in [4.69, 9.17) is 10.2 Å². The van der Waals surface area contributed by atoms with E-state index in [0.717, 1.165) is 41.1 Å². The monoisotopic (exact) mass is 218 g/mol. The minimum Gasteiger partial charge on any atom is -0.440 e. The third-order valence-corrected chi connectivity index (χ3v) is 2.60. The number of hydrogen-bond donors (Lipinski definition) is 1. The summed E-state index contributed by atoms with van der Waals surface area (Å²) in [5, 5.41) is 0. The second-order valence-corrected chi connectivity index (χ2v) is 4.59. The lowest BCUT2D eigenvalue weighted by atomic mass is 10.1. The summed E-state index contributed by atoms with van der Waals surface area (Å²) in [6.45, 7) is 6.41. The van der Waals surface area contributed by atoms with Crippen molar-refractivity contribution in [2.45, 2.75) is 33.6 Å². The van der Waals surface area contributed by atoms with Crippen LogP contribution < -0.4 is 5.73 Å². The number of anilines is 1. The van der Waals surface area contributed by atoms with Gasteiger partial charge in [-0.05, 0) is 30.0 Å². The van der Waals surface area contributed by atoms with Crippen molar-refractivity contribution in [1.82, 2.24) is 4.98 Å². The summed E-state index contributed by atoms with van der Waals surface area (Å²) >= 11 is 0. The lowest BCUT2D eigenvalue weighted by Crippen LogP contribution is -1.93. The van der Waals surface area contributed by atoms with Gasteiger partial charge in [0.2, 0.25) is 0 Å². The van der Waals surface area contributed by atoms with Crippen LogP contribution in [0.1, 0.15) is 32.2 Å². The zero-order valence-corrected chi connectivity index (χ0v) is 10.1. The second kappa shape index (κ2) is 4.16. The van der Waals surface area contributed by atoms with Gasteiger partial charge in [0.25, 0.3) is 0 Å². The number of aromatic nitrogens is 1.